The van der Waals surface area contributed by atoms with Crippen LogP contribution < -0.4 is 25.0 Å². The number of hydrogen-bond acceptors (Lipinski definition) is 7. The molecule has 0 aromatic heterocycles. The fraction of sp³-hybridized carbons (Fsp3) is 0.310. The standard InChI is InChI=1S/C29H34N4O5/c1-37-24-17-21(18-25(20-24)38-2)28(35)31-22-9-10-26(27(34)19-22)29(36)30-11-6-12-32-13-15-33(16-14-32)23-7-4-3-5-8-23/h3-5,7-10,17-20,34H,6,11-16H2,1-2H3,(H,30,36)(H,31,35). The van der Waals surface area contributed by atoms with Crippen LogP contribution in [-0.4, -0.2) is 75.3 Å². The van der Waals surface area contributed by atoms with Gasteiger partial charge in [0.05, 0.1) is 19.8 Å². The zero-order valence-corrected chi connectivity index (χ0v) is 21.8. The summed E-state index contributed by atoms with van der Waals surface area (Å²) in [7, 11) is 3.01. The number of anilines is 2. The molecule has 1 aliphatic rings. The van der Waals surface area contributed by atoms with E-state index in [1.54, 1.807) is 24.3 Å². The topological polar surface area (TPSA) is 103 Å². The molecule has 38 heavy (non-hydrogen) atoms. The average molecular weight is 519 g/mol. The van der Waals surface area contributed by atoms with Crippen molar-refractivity contribution < 1.29 is 24.2 Å². The van der Waals surface area contributed by atoms with Crippen molar-refractivity contribution >= 4 is 23.2 Å². The Morgan fingerprint density at radius 3 is 2.18 bits per heavy atom. The van der Waals surface area contributed by atoms with E-state index >= 15 is 0 Å². The number of benzene rings is 3. The molecular weight excluding hydrogens is 484 g/mol. The van der Waals surface area contributed by atoms with Gasteiger partial charge in [-0.05, 0) is 49.4 Å². The number of hydrogen-bond donors (Lipinski definition) is 3. The monoisotopic (exact) mass is 518 g/mol. The number of nitrogens with zero attached hydrogens (tertiary/aromatic N) is 2. The molecular formula is C29H34N4O5. The van der Waals surface area contributed by atoms with Crippen molar-refractivity contribution in [3.05, 3.63) is 77.9 Å². The van der Waals surface area contributed by atoms with Crippen LogP contribution in [0.5, 0.6) is 17.2 Å². The van der Waals surface area contributed by atoms with Crippen LogP contribution in [0.25, 0.3) is 0 Å². The van der Waals surface area contributed by atoms with Gasteiger partial charge in [0.25, 0.3) is 11.8 Å². The maximum absolute atomic E-state index is 12.7. The minimum atomic E-state index is -0.400. The molecule has 3 N–H and O–H groups in total. The van der Waals surface area contributed by atoms with Gasteiger partial charge in [0.15, 0.2) is 0 Å². The van der Waals surface area contributed by atoms with Crippen molar-refractivity contribution in [1.82, 2.24) is 10.2 Å². The first-order valence-corrected chi connectivity index (χ1v) is 12.6. The van der Waals surface area contributed by atoms with Crippen LogP contribution >= 0.6 is 0 Å². The summed E-state index contributed by atoms with van der Waals surface area (Å²) >= 11 is 0. The molecule has 3 aromatic carbocycles. The summed E-state index contributed by atoms with van der Waals surface area (Å²) in [6.07, 6.45) is 0.815. The first-order chi connectivity index (χ1) is 18.5. The molecule has 0 unspecified atom stereocenters. The highest BCUT2D eigenvalue weighted by molar-refractivity contribution is 6.05. The highest BCUT2D eigenvalue weighted by atomic mass is 16.5. The zero-order chi connectivity index (χ0) is 26.9. The highest BCUT2D eigenvalue weighted by Crippen LogP contribution is 2.25. The van der Waals surface area contributed by atoms with Crippen molar-refractivity contribution in [1.29, 1.82) is 0 Å². The second-order valence-corrected chi connectivity index (χ2v) is 9.06. The first kappa shape index (κ1) is 26.8. The molecule has 0 atom stereocenters. The molecule has 0 aliphatic carbocycles. The Hall–Kier alpha value is -4.24. The molecule has 200 valence electrons. The molecule has 1 fully saturated rings. The van der Waals surface area contributed by atoms with Gasteiger partial charge in [-0.3, -0.25) is 14.5 Å². The van der Waals surface area contributed by atoms with E-state index in [9.17, 15) is 14.7 Å². The first-order valence-electron chi connectivity index (χ1n) is 12.6. The summed E-state index contributed by atoms with van der Waals surface area (Å²) in [5.74, 6) is 0.00776. The second-order valence-electron chi connectivity index (χ2n) is 9.06. The van der Waals surface area contributed by atoms with E-state index < -0.39 is 5.91 Å². The lowest BCUT2D eigenvalue weighted by molar-refractivity contribution is 0.0948. The number of ether oxygens (including phenoxy) is 2. The van der Waals surface area contributed by atoms with Crippen LogP contribution in [0.15, 0.2) is 66.7 Å². The average Bonchev–Trinajstić information content (AvgIpc) is 2.95. The molecule has 4 rings (SSSR count). The third-order valence-corrected chi connectivity index (χ3v) is 6.54. The highest BCUT2D eigenvalue weighted by Gasteiger charge is 2.17. The van der Waals surface area contributed by atoms with Gasteiger partial charge in [-0.1, -0.05) is 18.2 Å². The maximum atomic E-state index is 12.7. The van der Waals surface area contributed by atoms with E-state index in [0.29, 0.717) is 29.3 Å². The number of phenols is 1. The van der Waals surface area contributed by atoms with E-state index in [1.807, 2.05) is 6.07 Å². The minimum absolute atomic E-state index is 0.155. The second kappa shape index (κ2) is 12.8. The van der Waals surface area contributed by atoms with Gasteiger partial charge in [-0.15, -0.1) is 0 Å². The molecule has 0 saturated carbocycles. The van der Waals surface area contributed by atoms with Crippen LogP contribution in [0.2, 0.25) is 0 Å². The summed E-state index contributed by atoms with van der Waals surface area (Å²) in [4.78, 5) is 30.1. The van der Waals surface area contributed by atoms with E-state index in [0.717, 1.165) is 39.1 Å². The number of aromatic hydroxyl groups is 1. The number of methoxy groups -OCH3 is 2. The van der Waals surface area contributed by atoms with Crippen LogP contribution in [-0.2, 0) is 0 Å². The minimum Gasteiger partial charge on any atom is -0.507 e. The Labute approximate surface area is 223 Å². The largest absolute Gasteiger partial charge is 0.507 e. The number of amides is 2. The van der Waals surface area contributed by atoms with Crippen LogP contribution in [0, 0.1) is 0 Å². The summed E-state index contributed by atoms with van der Waals surface area (Å²) in [5, 5.41) is 16.0. The third-order valence-electron chi connectivity index (χ3n) is 6.54. The molecule has 0 bridgehead atoms. The SMILES string of the molecule is COc1cc(OC)cc(C(=O)Nc2ccc(C(=O)NCCCN3CCN(c4ccccc4)CC3)c(O)c2)c1. The van der Waals surface area contributed by atoms with Gasteiger partial charge >= 0.3 is 0 Å². The fourth-order valence-electron chi connectivity index (χ4n) is 4.41. The normalized spacial score (nSPS) is 13.6. The van der Waals surface area contributed by atoms with Crippen LogP contribution in [0.4, 0.5) is 11.4 Å². The number of carbonyl (C=O) groups excluding carboxylic acids is 2. The van der Waals surface area contributed by atoms with E-state index in [2.05, 4.69) is 44.7 Å². The van der Waals surface area contributed by atoms with Crippen molar-refractivity contribution in [2.24, 2.45) is 0 Å². The molecule has 0 radical (unpaired) electrons. The molecule has 0 spiro atoms. The van der Waals surface area contributed by atoms with Crippen molar-refractivity contribution in [2.75, 3.05) is 63.7 Å². The van der Waals surface area contributed by atoms with Crippen molar-refractivity contribution in [3.63, 3.8) is 0 Å². The van der Waals surface area contributed by atoms with E-state index in [1.165, 1.54) is 32.0 Å². The molecule has 1 heterocycles. The lowest BCUT2D eigenvalue weighted by Crippen LogP contribution is -2.47. The lowest BCUT2D eigenvalue weighted by atomic mass is 10.1. The summed E-state index contributed by atoms with van der Waals surface area (Å²) in [5.41, 5.74) is 2.11. The van der Waals surface area contributed by atoms with Gasteiger partial charge in [-0.25, -0.2) is 0 Å². The molecule has 9 heteroatoms. The zero-order valence-electron chi connectivity index (χ0n) is 21.8. The third kappa shape index (κ3) is 6.95. The number of carbonyl (C=O) groups is 2. The number of rotatable bonds is 10. The molecule has 9 nitrogen and oxygen atoms in total. The number of piperazine rings is 1. The Kier molecular flexibility index (Phi) is 9.05. The number of phenolic OH excluding ortho intramolecular Hbond substituents is 1. The van der Waals surface area contributed by atoms with Crippen LogP contribution in [0.3, 0.4) is 0 Å². The van der Waals surface area contributed by atoms with Gasteiger partial charge < -0.3 is 30.1 Å². The van der Waals surface area contributed by atoms with Crippen molar-refractivity contribution in [2.45, 2.75) is 6.42 Å². The molecule has 1 aliphatic heterocycles. The molecule has 1 saturated heterocycles. The predicted molar refractivity (Wildman–Crippen MR) is 148 cm³/mol. The van der Waals surface area contributed by atoms with Gasteiger partial charge in [0.1, 0.15) is 17.2 Å². The molecule has 2 amide bonds. The van der Waals surface area contributed by atoms with E-state index in [4.69, 9.17) is 9.47 Å². The number of para-hydroxylation sites is 1. The van der Waals surface area contributed by atoms with E-state index in [-0.39, 0.29) is 17.2 Å². The Morgan fingerprint density at radius 1 is 0.868 bits per heavy atom. The summed E-state index contributed by atoms with van der Waals surface area (Å²) < 4.78 is 10.4. The summed E-state index contributed by atoms with van der Waals surface area (Å²) in [6, 6.07) is 19.7. The Balaban J connectivity index is 1.22. The smallest absolute Gasteiger partial charge is 0.255 e. The van der Waals surface area contributed by atoms with Gasteiger partial charge in [0.2, 0.25) is 0 Å². The Morgan fingerprint density at radius 2 is 1.55 bits per heavy atom. The predicted octanol–water partition coefficient (Wildman–Crippen LogP) is 3.60. The van der Waals surface area contributed by atoms with Crippen molar-refractivity contribution in [3.8, 4) is 17.2 Å². The fourth-order valence-corrected chi connectivity index (χ4v) is 4.41. The Bertz CT molecular complexity index is 1220. The summed E-state index contributed by atoms with van der Waals surface area (Å²) in [6.45, 7) is 5.35. The van der Waals surface area contributed by atoms with Gasteiger partial charge in [0, 0.05) is 61.8 Å². The maximum Gasteiger partial charge on any atom is 0.255 e. The van der Waals surface area contributed by atoms with Gasteiger partial charge in [-0.2, -0.15) is 0 Å². The number of nitrogens with one attached hydrogen (secondary N) is 2. The quantitative estimate of drug-likeness (QED) is 0.353. The molecule has 3 aromatic rings. The lowest BCUT2D eigenvalue weighted by Gasteiger charge is -2.36. The van der Waals surface area contributed by atoms with Crippen LogP contribution in [0.1, 0.15) is 27.1 Å².